The van der Waals surface area contributed by atoms with Gasteiger partial charge in [-0.05, 0) is 38.1 Å². The summed E-state index contributed by atoms with van der Waals surface area (Å²) in [6.45, 7) is 1.94. The van der Waals surface area contributed by atoms with E-state index in [1.807, 2.05) is 12.1 Å². The third kappa shape index (κ3) is 3.69. The fourth-order valence-electron chi connectivity index (χ4n) is 2.78. The van der Waals surface area contributed by atoms with Gasteiger partial charge in [-0.1, -0.05) is 28.8 Å². The molecule has 0 saturated carbocycles. The number of methoxy groups -OCH3 is 2. The first-order chi connectivity index (χ1) is 10.2. The lowest BCUT2D eigenvalue weighted by molar-refractivity contribution is 0.244. The van der Waals surface area contributed by atoms with E-state index in [1.165, 1.54) is 12.8 Å². The molecule has 4 nitrogen and oxygen atoms in total. The zero-order valence-corrected chi connectivity index (χ0v) is 14.1. The van der Waals surface area contributed by atoms with Gasteiger partial charge in [-0.2, -0.15) is 5.26 Å². The van der Waals surface area contributed by atoms with E-state index in [2.05, 4.69) is 26.9 Å². The van der Waals surface area contributed by atoms with Gasteiger partial charge < -0.3 is 9.47 Å². The van der Waals surface area contributed by atoms with Gasteiger partial charge in [0.25, 0.3) is 0 Å². The minimum atomic E-state index is -0.253. The number of halogens is 1. The van der Waals surface area contributed by atoms with Gasteiger partial charge in [0, 0.05) is 10.0 Å². The van der Waals surface area contributed by atoms with Crippen LogP contribution in [0.1, 0.15) is 37.3 Å². The molecule has 0 N–H and O–H groups in total. The fourth-order valence-corrected chi connectivity index (χ4v) is 3.32. The van der Waals surface area contributed by atoms with Crippen LogP contribution in [-0.2, 0) is 0 Å². The number of nitrogens with zero attached hydrogens (tertiary/aromatic N) is 2. The third-order valence-corrected chi connectivity index (χ3v) is 4.61. The van der Waals surface area contributed by atoms with Crippen molar-refractivity contribution in [1.82, 2.24) is 4.90 Å². The van der Waals surface area contributed by atoms with Gasteiger partial charge >= 0.3 is 0 Å². The van der Waals surface area contributed by atoms with Crippen LogP contribution in [-0.4, -0.2) is 32.2 Å². The fraction of sp³-hybridized carbons (Fsp3) is 0.562. The quantitative estimate of drug-likeness (QED) is 0.823. The Bertz CT molecular complexity index is 520. The lowest BCUT2D eigenvalue weighted by Crippen LogP contribution is -2.29. The molecule has 1 atom stereocenters. The number of hydrogen-bond donors (Lipinski definition) is 0. The molecule has 2 rings (SSSR count). The molecule has 1 aromatic rings. The molecule has 1 aliphatic heterocycles. The molecule has 1 aliphatic rings. The van der Waals surface area contributed by atoms with Crippen molar-refractivity contribution in [3.8, 4) is 17.6 Å². The van der Waals surface area contributed by atoms with Crippen LogP contribution in [0.5, 0.6) is 11.5 Å². The molecule has 1 saturated heterocycles. The van der Waals surface area contributed by atoms with Crippen LogP contribution in [0.3, 0.4) is 0 Å². The molecule has 0 radical (unpaired) electrons. The molecule has 1 heterocycles. The molecule has 1 aromatic carbocycles. The van der Waals surface area contributed by atoms with Crippen molar-refractivity contribution in [2.24, 2.45) is 0 Å². The van der Waals surface area contributed by atoms with Crippen LogP contribution in [0.15, 0.2) is 16.6 Å². The number of likely N-dealkylation sites (tertiary alicyclic amines) is 1. The first-order valence-corrected chi connectivity index (χ1v) is 8.05. The lowest BCUT2D eigenvalue weighted by atomic mass is 10.1. The number of ether oxygens (including phenoxy) is 2. The van der Waals surface area contributed by atoms with Crippen molar-refractivity contribution >= 4 is 15.9 Å². The normalized spacial score (nSPS) is 17.6. The van der Waals surface area contributed by atoms with E-state index < -0.39 is 0 Å². The van der Waals surface area contributed by atoms with Gasteiger partial charge in [0.2, 0.25) is 0 Å². The van der Waals surface area contributed by atoms with Gasteiger partial charge in [0.05, 0.1) is 20.3 Å². The van der Waals surface area contributed by atoms with Crippen molar-refractivity contribution in [2.75, 3.05) is 27.3 Å². The summed E-state index contributed by atoms with van der Waals surface area (Å²) in [5, 5.41) is 9.65. The van der Waals surface area contributed by atoms with Crippen molar-refractivity contribution in [1.29, 1.82) is 5.26 Å². The van der Waals surface area contributed by atoms with E-state index >= 15 is 0 Å². The third-order valence-electron chi connectivity index (χ3n) is 3.93. The molecular formula is C16H21BrN2O2. The monoisotopic (exact) mass is 352 g/mol. The topological polar surface area (TPSA) is 45.5 Å². The van der Waals surface area contributed by atoms with Crippen molar-refractivity contribution < 1.29 is 9.47 Å². The molecule has 0 spiro atoms. The average molecular weight is 353 g/mol. The predicted molar refractivity (Wildman–Crippen MR) is 85.6 cm³/mol. The number of nitriles is 1. The Labute approximate surface area is 134 Å². The van der Waals surface area contributed by atoms with Crippen LogP contribution in [0.2, 0.25) is 0 Å². The van der Waals surface area contributed by atoms with E-state index in [-0.39, 0.29) is 6.04 Å². The van der Waals surface area contributed by atoms with Gasteiger partial charge in [-0.3, -0.25) is 4.90 Å². The Hall–Kier alpha value is -1.25. The van der Waals surface area contributed by atoms with Crippen LogP contribution in [0, 0.1) is 11.3 Å². The van der Waals surface area contributed by atoms with Crippen molar-refractivity contribution in [3.05, 3.63) is 22.2 Å². The number of rotatable bonds is 4. The second-order valence-corrected chi connectivity index (χ2v) is 6.06. The summed E-state index contributed by atoms with van der Waals surface area (Å²) in [7, 11) is 3.23. The lowest BCUT2D eigenvalue weighted by Gasteiger charge is -2.27. The largest absolute Gasteiger partial charge is 0.493 e. The zero-order valence-electron chi connectivity index (χ0n) is 12.6. The molecule has 0 amide bonds. The Balaban J connectivity index is 2.35. The minimum Gasteiger partial charge on any atom is -0.493 e. The second kappa shape index (κ2) is 7.67. The Morgan fingerprint density at radius 3 is 2.19 bits per heavy atom. The smallest absolute Gasteiger partial charge is 0.161 e. The summed E-state index contributed by atoms with van der Waals surface area (Å²) in [5.74, 6) is 1.33. The van der Waals surface area contributed by atoms with E-state index in [4.69, 9.17) is 9.47 Å². The first kappa shape index (κ1) is 16.1. The van der Waals surface area contributed by atoms with Crippen LogP contribution in [0.4, 0.5) is 0 Å². The Morgan fingerprint density at radius 2 is 1.67 bits per heavy atom. The van der Waals surface area contributed by atoms with Crippen LogP contribution >= 0.6 is 15.9 Å². The first-order valence-electron chi connectivity index (χ1n) is 7.26. The average Bonchev–Trinajstić information content (AvgIpc) is 2.78. The van der Waals surface area contributed by atoms with Crippen molar-refractivity contribution in [3.63, 3.8) is 0 Å². The van der Waals surface area contributed by atoms with Crippen LogP contribution < -0.4 is 9.47 Å². The molecule has 0 bridgehead atoms. The Kier molecular flexibility index (Phi) is 5.89. The summed E-state index contributed by atoms with van der Waals surface area (Å²) in [6, 6.07) is 5.97. The summed E-state index contributed by atoms with van der Waals surface area (Å²) in [4.78, 5) is 2.26. The summed E-state index contributed by atoms with van der Waals surface area (Å²) in [6.07, 6.45) is 4.82. The molecule has 21 heavy (non-hydrogen) atoms. The highest BCUT2D eigenvalue weighted by molar-refractivity contribution is 9.10. The van der Waals surface area contributed by atoms with E-state index in [0.29, 0.717) is 11.5 Å². The maximum absolute atomic E-state index is 9.65. The summed E-state index contributed by atoms with van der Waals surface area (Å²) in [5.41, 5.74) is 0.942. The maximum atomic E-state index is 9.65. The van der Waals surface area contributed by atoms with Crippen molar-refractivity contribution in [2.45, 2.75) is 31.7 Å². The van der Waals surface area contributed by atoms with E-state index in [0.717, 1.165) is 36.0 Å². The van der Waals surface area contributed by atoms with Gasteiger partial charge in [0.15, 0.2) is 11.5 Å². The Morgan fingerprint density at radius 1 is 1.10 bits per heavy atom. The SMILES string of the molecule is COc1cc(Br)c(C(C#N)N2CCCCCC2)cc1OC. The summed E-state index contributed by atoms with van der Waals surface area (Å²) >= 11 is 3.57. The molecule has 114 valence electrons. The second-order valence-electron chi connectivity index (χ2n) is 5.21. The maximum Gasteiger partial charge on any atom is 0.161 e. The van der Waals surface area contributed by atoms with Gasteiger partial charge in [0.1, 0.15) is 6.04 Å². The number of benzene rings is 1. The standard InChI is InChI=1S/C16H21BrN2O2/c1-20-15-9-12(13(17)10-16(15)21-2)14(11-18)19-7-5-3-4-6-8-19/h9-10,14H,3-8H2,1-2H3. The molecule has 0 aliphatic carbocycles. The van der Waals surface area contributed by atoms with E-state index in [1.54, 1.807) is 14.2 Å². The minimum absolute atomic E-state index is 0.253. The van der Waals surface area contributed by atoms with Gasteiger partial charge in [-0.25, -0.2) is 0 Å². The molecule has 5 heteroatoms. The molecule has 1 fully saturated rings. The molecular weight excluding hydrogens is 332 g/mol. The molecule has 0 aromatic heterocycles. The molecule has 1 unspecified atom stereocenters. The zero-order chi connectivity index (χ0) is 15.2. The highest BCUT2D eigenvalue weighted by Gasteiger charge is 2.24. The van der Waals surface area contributed by atoms with Crippen LogP contribution in [0.25, 0.3) is 0 Å². The van der Waals surface area contributed by atoms with Gasteiger partial charge in [-0.15, -0.1) is 0 Å². The predicted octanol–water partition coefficient (Wildman–Crippen LogP) is 3.91. The summed E-state index contributed by atoms with van der Waals surface area (Å²) < 4.78 is 11.5. The highest BCUT2D eigenvalue weighted by atomic mass is 79.9. The van der Waals surface area contributed by atoms with E-state index in [9.17, 15) is 5.26 Å². The number of hydrogen-bond acceptors (Lipinski definition) is 4. The highest BCUT2D eigenvalue weighted by Crippen LogP contribution is 2.38.